The molecule has 334 valence electrons. The van der Waals surface area contributed by atoms with Gasteiger partial charge >= 0.3 is 11.9 Å². The van der Waals surface area contributed by atoms with E-state index in [1.165, 1.54) is 25.7 Å². The largest absolute Gasteiger partial charge is 0.462 e. The molecule has 0 aromatic rings. The quantitative estimate of drug-likeness (QED) is 0.0276. The molecule has 0 aliphatic carbocycles. The van der Waals surface area contributed by atoms with Gasteiger partial charge in [-0.2, -0.15) is 0 Å². The van der Waals surface area contributed by atoms with E-state index in [0.717, 1.165) is 70.6 Å². The van der Waals surface area contributed by atoms with Crippen molar-refractivity contribution in [2.45, 2.75) is 179 Å². The molecule has 6 atom stereocenters. The fourth-order valence-corrected chi connectivity index (χ4v) is 5.93. The minimum Gasteiger partial charge on any atom is -0.462 e. The third-order valence-electron chi connectivity index (χ3n) is 9.45. The highest BCUT2D eigenvalue weighted by Gasteiger charge is 2.44. The number of carbonyl (C=O) groups excluding carboxylic acids is 2. The van der Waals surface area contributed by atoms with Gasteiger partial charge in [0, 0.05) is 12.8 Å². The van der Waals surface area contributed by atoms with Gasteiger partial charge in [-0.15, -0.1) is 0 Å². The van der Waals surface area contributed by atoms with Crippen molar-refractivity contribution < 1.29 is 49.0 Å². The molecule has 0 spiro atoms. The summed E-state index contributed by atoms with van der Waals surface area (Å²) in [6.07, 6.45) is 44.1. The normalized spacial score (nSPS) is 20.9. The summed E-state index contributed by atoms with van der Waals surface area (Å²) < 4.78 is 22.1. The zero-order valence-electron chi connectivity index (χ0n) is 36.2. The summed E-state index contributed by atoms with van der Waals surface area (Å²) in [5, 5.41) is 40.1. The van der Waals surface area contributed by atoms with Gasteiger partial charge in [-0.3, -0.25) is 9.59 Å². The number of unbranched alkanes of at least 4 members (excludes halogenated alkanes) is 8. The van der Waals surface area contributed by atoms with Crippen molar-refractivity contribution in [3.8, 4) is 0 Å². The summed E-state index contributed by atoms with van der Waals surface area (Å²) in [6.45, 7) is 3.18. The van der Waals surface area contributed by atoms with Crippen LogP contribution in [0.15, 0.2) is 97.2 Å². The zero-order valence-corrected chi connectivity index (χ0v) is 36.2. The van der Waals surface area contributed by atoms with Crippen LogP contribution >= 0.6 is 0 Å². The lowest BCUT2D eigenvalue weighted by Crippen LogP contribution is -2.59. The predicted molar refractivity (Wildman–Crippen MR) is 237 cm³/mol. The molecule has 0 radical (unpaired) electrons. The van der Waals surface area contributed by atoms with Crippen molar-refractivity contribution in [1.29, 1.82) is 0 Å². The first-order chi connectivity index (χ1) is 28.8. The van der Waals surface area contributed by atoms with Crippen LogP contribution in [-0.2, 0) is 28.5 Å². The number of hydrogen-bond acceptors (Lipinski definition) is 10. The molecule has 1 aliphatic heterocycles. The van der Waals surface area contributed by atoms with E-state index in [1.807, 2.05) is 6.08 Å². The Hall–Kier alpha value is -3.38. The molecule has 1 saturated heterocycles. The highest BCUT2D eigenvalue weighted by Crippen LogP contribution is 2.22. The zero-order chi connectivity index (χ0) is 43.0. The second-order valence-corrected chi connectivity index (χ2v) is 14.8. The maximum Gasteiger partial charge on any atom is 0.306 e. The highest BCUT2D eigenvalue weighted by molar-refractivity contribution is 5.70. The highest BCUT2D eigenvalue weighted by atomic mass is 16.7. The van der Waals surface area contributed by atoms with Crippen molar-refractivity contribution in [2.75, 3.05) is 19.8 Å². The van der Waals surface area contributed by atoms with E-state index >= 15 is 0 Å². The van der Waals surface area contributed by atoms with E-state index in [2.05, 4.69) is 105 Å². The third kappa shape index (κ3) is 30.3. The standard InChI is InChI=1S/C49H78O10/c1-3-5-7-9-11-13-15-17-19-21-23-25-27-29-31-33-35-37-44(51)56-40-42(41-57-49-48(55)47(54)46(53)43(39-50)59-49)58-45(52)38-36-34-32-30-28-26-24-22-20-18-16-14-12-10-8-6-4-2/h6,8,11-14,17-20,23-26,30,32,42-43,46-50,53-55H,3-5,7,9-10,15-16,21-22,27-29,31,33-41H2,1-2H3/b8-6+,13-11+,14-12+,19-17+,20-18+,25-23+,26-24+,32-30+/t42-,43-,46+,47?,48?,49-/m0/s1. The number of esters is 2. The van der Waals surface area contributed by atoms with Crippen molar-refractivity contribution in [3.05, 3.63) is 97.2 Å². The third-order valence-corrected chi connectivity index (χ3v) is 9.45. The van der Waals surface area contributed by atoms with Gasteiger partial charge in [0.2, 0.25) is 0 Å². The van der Waals surface area contributed by atoms with Gasteiger partial charge in [0.15, 0.2) is 12.4 Å². The minimum absolute atomic E-state index is 0.140. The molecule has 1 rings (SSSR count). The molecule has 0 saturated carbocycles. The SMILES string of the molecule is CC/C=C/C/C=C/C/C=C/C/C=C/C/C=C/CCCC(=O)O[C@@H](COC(=O)CCCCCC/C=C/C/C=C/C/C=C/CCCCC)CO[C@H]1O[C@@H](CO)[C@@H](O)C(O)C1O. The maximum absolute atomic E-state index is 12.7. The first kappa shape index (κ1) is 53.6. The molecule has 10 heteroatoms. The Labute approximate surface area is 356 Å². The van der Waals surface area contributed by atoms with Crippen LogP contribution in [0.4, 0.5) is 0 Å². The Morgan fingerprint density at radius 1 is 0.542 bits per heavy atom. The van der Waals surface area contributed by atoms with Gasteiger partial charge in [-0.05, 0) is 89.9 Å². The van der Waals surface area contributed by atoms with Crippen molar-refractivity contribution in [1.82, 2.24) is 0 Å². The molecule has 2 unspecified atom stereocenters. The number of ether oxygens (including phenoxy) is 4. The second kappa shape index (κ2) is 38.8. The number of rotatable bonds is 35. The second-order valence-electron chi connectivity index (χ2n) is 14.8. The van der Waals surface area contributed by atoms with E-state index in [9.17, 15) is 30.0 Å². The van der Waals surface area contributed by atoms with E-state index in [0.29, 0.717) is 19.3 Å². The van der Waals surface area contributed by atoms with Crippen LogP contribution in [0.5, 0.6) is 0 Å². The number of aliphatic hydroxyl groups excluding tert-OH is 4. The lowest BCUT2D eigenvalue weighted by molar-refractivity contribution is -0.305. The smallest absolute Gasteiger partial charge is 0.306 e. The van der Waals surface area contributed by atoms with Gasteiger partial charge in [0.05, 0.1) is 13.2 Å². The molecule has 0 bridgehead atoms. The summed E-state index contributed by atoms with van der Waals surface area (Å²) in [4.78, 5) is 25.3. The number of aliphatic hydroxyl groups is 4. The average molecular weight is 827 g/mol. The van der Waals surface area contributed by atoms with Crippen LogP contribution < -0.4 is 0 Å². The maximum atomic E-state index is 12.7. The van der Waals surface area contributed by atoms with Gasteiger partial charge < -0.3 is 39.4 Å². The van der Waals surface area contributed by atoms with Crippen LogP contribution in [0.1, 0.15) is 142 Å². The van der Waals surface area contributed by atoms with Crippen molar-refractivity contribution >= 4 is 11.9 Å². The molecule has 0 aromatic carbocycles. The van der Waals surface area contributed by atoms with Gasteiger partial charge in [0.1, 0.15) is 31.0 Å². The van der Waals surface area contributed by atoms with Gasteiger partial charge in [-0.1, -0.05) is 137 Å². The van der Waals surface area contributed by atoms with Crippen LogP contribution in [-0.4, -0.2) is 89.0 Å². The van der Waals surface area contributed by atoms with E-state index in [4.69, 9.17) is 18.9 Å². The Morgan fingerprint density at radius 3 is 1.54 bits per heavy atom. The molecular formula is C49H78O10. The lowest BCUT2D eigenvalue weighted by atomic mass is 9.99. The fourth-order valence-electron chi connectivity index (χ4n) is 5.93. The molecule has 10 nitrogen and oxygen atoms in total. The molecule has 4 N–H and O–H groups in total. The van der Waals surface area contributed by atoms with E-state index < -0.39 is 55.4 Å². The molecule has 0 aromatic heterocycles. The van der Waals surface area contributed by atoms with Crippen LogP contribution in [0.3, 0.4) is 0 Å². The van der Waals surface area contributed by atoms with E-state index in [1.54, 1.807) is 0 Å². The average Bonchev–Trinajstić information content (AvgIpc) is 3.23. The predicted octanol–water partition coefficient (Wildman–Crippen LogP) is 9.55. The van der Waals surface area contributed by atoms with E-state index in [-0.39, 0.29) is 26.1 Å². The minimum atomic E-state index is -1.61. The molecule has 0 amide bonds. The lowest BCUT2D eigenvalue weighted by Gasteiger charge is -2.39. The summed E-state index contributed by atoms with van der Waals surface area (Å²) in [5.41, 5.74) is 0. The van der Waals surface area contributed by atoms with Gasteiger partial charge in [-0.25, -0.2) is 0 Å². The first-order valence-electron chi connectivity index (χ1n) is 22.3. The summed E-state index contributed by atoms with van der Waals surface area (Å²) in [7, 11) is 0. The number of allylic oxidation sites excluding steroid dienone is 16. The summed E-state index contributed by atoms with van der Waals surface area (Å²) in [6, 6.07) is 0. The van der Waals surface area contributed by atoms with Gasteiger partial charge in [0.25, 0.3) is 0 Å². The molecule has 1 heterocycles. The van der Waals surface area contributed by atoms with Crippen LogP contribution in [0.2, 0.25) is 0 Å². The Balaban J connectivity index is 2.41. The summed E-state index contributed by atoms with van der Waals surface area (Å²) >= 11 is 0. The van der Waals surface area contributed by atoms with Crippen LogP contribution in [0.25, 0.3) is 0 Å². The molecule has 59 heavy (non-hydrogen) atoms. The first-order valence-corrected chi connectivity index (χ1v) is 22.3. The Bertz CT molecular complexity index is 1280. The monoisotopic (exact) mass is 827 g/mol. The molecule has 1 aliphatic rings. The topological polar surface area (TPSA) is 152 Å². The summed E-state index contributed by atoms with van der Waals surface area (Å²) in [5.74, 6) is -0.911. The number of carbonyl (C=O) groups is 2. The Kier molecular flexibility index (Phi) is 35.3. The van der Waals surface area contributed by atoms with Crippen molar-refractivity contribution in [3.63, 3.8) is 0 Å². The number of hydrogen-bond donors (Lipinski definition) is 4. The Morgan fingerprint density at radius 2 is 1.02 bits per heavy atom. The van der Waals surface area contributed by atoms with Crippen molar-refractivity contribution in [2.24, 2.45) is 0 Å². The molecule has 1 fully saturated rings. The van der Waals surface area contributed by atoms with Crippen LogP contribution in [0, 0.1) is 0 Å². The molecular weight excluding hydrogens is 749 g/mol. The fraction of sp³-hybridized carbons (Fsp3) is 0.633.